The van der Waals surface area contributed by atoms with Crippen molar-refractivity contribution in [3.8, 4) is 0 Å². The molecule has 2 atom stereocenters. The number of likely N-dealkylation sites (tertiary alicyclic amines) is 1. The standard InChI is InChI=1S/C16H22N2O3/c1-4-17(14-8-6-5-7-11(14)2)16(21)18-10-9-13(12(18)3)15(19)20/h5-8,12-13H,4,9-10H2,1-3H3,(H,19,20). The van der Waals surface area contributed by atoms with Gasteiger partial charge in [-0.1, -0.05) is 18.2 Å². The van der Waals surface area contributed by atoms with Crippen molar-refractivity contribution in [1.29, 1.82) is 0 Å². The van der Waals surface area contributed by atoms with Gasteiger partial charge in [0.05, 0.1) is 5.92 Å². The van der Waals surface area contributed by atoms with E-state index >= 15 is 0 Å². The Morgan fingerprint density at radius 1 is 1.38 bits per heavy atom. The SMILES string of the molecule is CCN(C(=O)N1CCC(C(=O)O)C1C)c1ccccc1C. The molecule has 0 aromatic heterocycles. The number of carbonyl (C=O) groups excluding carboxylic acids is 1. The van der Waals surface area contributed by atoms with E-state index < -0.39 is 11.9 Å². The highest BCUT2D eigenvalue weighted by Gasteiger charge is 2.39. The third-order valence-electron chi connectivity index (χ3n) is 4.27. The number of carboxylic acid groups (broad SMARTS) is 1. The summed E-state index contributed by atoms with van der Waals surface area (Å²) in [7, 11) is 0. The Labute approximate surface area is 125 Å². The molecule has 2 unspecified atom stereocenters. The molecule has 1 aromatic carbocycles. The second-order valence-electron chi connectivity index (χ2n) is 5.48. The van der Waals surface area contributed by atoms with Gasteiger partial charge in [-0.3, -0.25) is 9.69 Å². The van der Waals surface area contributed by atoms with E-state index in [1.165, 1.54) is 0 Å². The van der Waals surface area contributed by atoms with Gasteiger partial charge in [0.2, 0.25) is 0 Å². The summed E-state index contributed by atoms with van der Waals surface area (Å²) in [5.41, 5.74) is 1.92. The number of carbonyl (C=O) groups is 2. The maximum atomic E-state index is 12.8. The van der Waals surface area contributed by atoms with Crippen molar-refractivity contribution in [2.75, 3.05) is 18.0 Å². The summed E-state index contributed by atoms with van der Waals surface area (Å²) in [4.78, 5) is 27.4. The number of anilines is 1. The number of urea groups is 1. The lowest BCUT2D eigenvalue weighted by Crippen LogP contribution is -2.46. The van der Waals surface area contributed by atoms with Crippen LogP contribution in [0, 0.1) is 12.8 Å². The minimum absolute atomic E-state index is 0.108. The Balaban J connectivity index is 2.22. The van der Waals surface area contributed by atoms with Gasteiger partial charge in [-0.2, -0.15) is 0 Å². The Hall–Kier alpha value is -2.04. The fourth-order valence-corrected chi connectivity index (χ4v) is 2.97. The first-order valence-corrected chi connectivity index (χ1v) is 7.34. The fraction of sp³-hybridized carbons (Fsp3) is 0.500. The molecule has 21 heavy (non-hydrogen) atoms. The molecular formula is C16H22N2O3. The fourth-order valence-electron chi connectivity index (χ4n) is 2.97. The maximum Gasteiger partial charge on any atom is 0.324 e. The number of para-hydroxylation sites is 1. The van der Waals surface area contributed by atoms with E-state index in [0.29, 0.717) is 19.5 Å². The molecule has 0 saturated carbocycles. The zero-order valence-corrected chi connectivity index (χ0v) is 12.7. The zero-order chi connectivity index (χ0) is 15.6. The molecule has 1 heterocycles. The highest BCUT2D eigenvalue weighted by Crippen LogP contribution is 2.28. The van der Waals surface area contributed by atoms with E-state index in [4.69, 9.17) is 0 Å². The number of rotatable bonds is 3. The molecule has 2 amide bonds. The van der Waals surface area contributed by atoms with Gasteiger partial charge in [-0.15, -0.1) is 0 Å². The molecule has 5 nitrogen and oxygen atoms in total. The Kier molecular flexibility index (Phi) is 4.50. The van der Waals surface area contributed by atoms with Crippen molar-refractivity contribution in [2.45, 2.75) is 33.2 Å². The van der Waals surface area contributed by atoms with Crippen LogP contribution in [0.3, 0.4) is 0 Å². The third kappa shape index (κ3) is 2.86. The number of aliphatic carboxylic acids is 1. The quantitative estimate of drug-likeness (QED) is 0.931. The van der Waals surface area contributed by atoms with Crippen LogP contribution in [0.5, 0.6) is 0 Å². The van der Waals surface area contributed by atoms with Crippen molar-refractivity contribution in [3.63, 3.8) is 0 Å². The summed E-state index contributed by atoms with van der Waals surface area (Å²) in [6.07, 6.45) is 0.521. The Morgan fingerprint density at radius 2 is 2.05 bits per heavy atom. The lowest BCUT2D eigenvalue weighted by Gasteiger charge is -2.31. The number of nitrogens with zero attached hydrogens (tertiary/aromatic N) is 2. The van der Waals surface area contributed by atoms with Gasteiger partial charge >= 0.3 is 12.0 Å². The summed E-state index contributed by atoms with van der Waals surface area (Å²) in [5, 5.41) is 9.19. The zero-order valence-electron chi connectivity index (χ0n) is 12.7. The van der Waals surface area contributed by atoms with Crippen LogP contribution in [0.1, 0.15) is 25.8 Å². The number of aryl methyl sites for hydroxylation is 1. The van der Waals surface area contributed by atoms with Crippen LogP contribution >= 0.6 is 0 Å². The van der Waals surface area contributed by atoms with Gasteiger partial charge in [-0.05, 0) is 38.8 Å². The smallest absolute Gasteiger partial charge is 0.324 e. The van der Waals surface area contributed by atoms with Crippen LogP contribution < -0.4 is 4.90 Å². The third-order valence-corrected chi connectivity index (χ3v) is 4.27. The molecule has 0 radical (unpaired) electrons. The van der Waals surface area contributed by atoms with Crippen LogP contribution in [0.4, 0.5) is 10.5 Å². The Bertz CT molecular complexity index is 544. The average Bonchev–Trinajstić information content (AvgIpc) is 2.83. The number of amides is 2. The summed E-state index contributed by atoms with van der Waals surface area (Å²) in [5.74, 6) is -1.29. The van der Waals surface area contributed by atoms with E-state index in [2.05, 4.69) is 0 Å². The summed E-state index contributed by atoms with van der Waals surface area (Å²) < 4.78 is 0. The van der Waals surface area contributed by atoms with Gasteiger partial charge in [0.15, 0.2) is 0 Å². The summed E-state index contributed by atoms with van der Waals surface area (Å²) in [6, 6.07) is 7.36. The molecule has 1 aliphatic rings. The van der Waals surface area contributed by atoms with Crippen LogP contribution in [-0.2, 0) is 4.79 Å². The minimum atomic E-state index is -0.822. The molecule has 0 aliphatic carbocycles. The van der Waals surface area contributed by atoms with Crippen molar-refractivity contribution >= 4 is 17.7 Å². The van der Waals surface area contributed by atoms with E-state index in [1.807, 2.05) is 45.0 Å². The largest absolute Gasteiger partial charge is 0.481 e. The van der Waals surface area contributed by atoms with Gasteiger partial charge < -0.3 is 10.0 Å². The predicted molar refractivity (Wildman–Crippen MR) is 81.5 cm³/mol. The number of carboxylic acids is 1. The van der Waals surface area contributed by atoms with Crippen LogP contribution in [0.15, 0.2) is 24.3 Å². The highest BCUT2D eigenvalue weighted by atomic mass is 16.4. The van der Waals surface area contributed by atoms with E-state index in [-0.39, 0.29) is 12.1 Å². The first kappa shape index (κ1) is 15.4. The molecule has 1 N–H and O–H groups in total. The highest BCUT2D eigenvalue weighted by molar-refractivity contribution is 5.93. The predicted octanol–water partition coefficient (Wildman–Crippen LogP) is 2.74. The van der Waals surface area contributed by atoms with Gasteiger partial charge in [0.1, 0.15) is 0 Å². The summed E-state index contributed by atoms with van der Waals surface area (Å²) >= 11 is 0. The molecule has 114 valence electrons. The Morgan fingerprint density at radius 3 is 2.57 bits per heavy atom. The van der Waals surface area contributed by atoms with Crippen molar-refractivity contribution in [3.05, 3.63) is 29.8 Å². The van der Waals surface area contributed by atoms with Crippen molar-refractivity contribution in [2.24, 2.45) is 5.92 Å². The molecule has 2 rings (SSSR count). The first-order chi connectivity index (χ1) is 9.97. The van der Waals surface area contributed by atoms with Gasteiger partial charge in [0, 0.05) is 24.8 Å². The second-order valence-corrected chi connectivity index (χ2v) is 5.48. The van der Waals surface area contributed by atoms with E-state index in [0.717, 1.165) is 11.3 Å². The first-order valence-electron chi connectivity index (χ1n) is 7.34. The van der Waals surface area contributed by atoms with Crippen molar-refractivity contribution in [1.82, 2.24) is 4.90 Å². The average molecular weight is 290 g/mol. The molecule has 1 aliphatic heterocycles. The van der Waals surface area contributed by atoms with E-state index in [9.17, 15) is 14.7 Å². The number of benzene rings is 1. The minimum Gasteiger partial charge on any atom is -0.481 e. The topological polar surface area (TPSA) is 60.9 Å². The van der Waals surface area contributed by atoms with Gasteiger partial charge in [0.25, 0.3) is 0 Å². The molecule has 1 saturated heterocycles. The van der Waals surface area contributed by atoms with E-state index in [1.54, 1.807) is 9.80 Å². The molecule has 1 aromatic rings. The van der Waals surface area contributed by atoms with Crippen LogP contribution in [-0.4, -0.2) is 41.1 Å². The second kappa shape index (κ2) is 6.16. The van der Waals surface area contributed by atoms with Crippen LogP contribution in [0.25, 0.3) is 0 Å². The van der Waals surface area contributed by atoms with Crippen LogP contribution in [0.2, 0.25) is 0 Å². The lowest BCUT2D eigenvalue weighted by molar-refractivity contribution is -0.142. The molecule has 0 spiro atoms. The lowest BCUT2D eigenvalue weighted by atomic mass is 10.0. The molecule has 5 heteroatoms. The van der Waals surface area contributed by atoms with Crippen molar-refractivity contribution < 1.29 is 14.7 Å². The summed E-state index contributed by atoms with van der Waals surface area (Å²) in [6.45, 7) is 6.78. The van der Waals surface area contributed by atoms with Gasteiger partial charge in [-0.25, -0.2) is 4.79 Å². The number of hydrogen-bond acceptors (Lipinski definition) is 2. The monoisotopic (exact) mass is 290 g/mol. The molecule has 0 bridgehead atoms. The number of hydrogen-bond donors (Lipinski definition) is 1. The molecule has 1 fully saturated rings. The maximum absolute atomic E-state index is 12.8. The molecular weight excluding hydrogens is 268 g/mol. The normalized spacial score (nSPS) is 21.4.